The molecule has 1 aromatic heterocycles. The summed E-state index contributed by atoms with van der Waals surface area (Å²) >= 11 is 1.04. The number of amides is 1. The molecule has 0 atom stereocenters. The highest BCUT2D eigenvalue weighted by molar-refractivity contribution is 7.07. The molecule has 1 N–H and O–H groups in total. The highest BCUT2D eigenvalue weighted by Crippen LogP contribution is 2.07. The standard InChI is InChI=1S/C5H6N4OS/c1-3-4(11-9-7-3)5(10)8-6-2/h2H2,1H3,(H,8,10). The molecule has 0 saturated carbocycles. The Morgan fingerprint density at radius 2 is 2.55 bits per heavy atom. The molecule has 0 bridgehead atoms. The Morgan fingerprint density at radius 1 is 1.82 bits per heavy atom. The van der Waals surface area contributed by atoms with Crippen molar-refractivity contribution in [3.63, 3.8) is 0 Å². The zero-order chi connectivity index (χ0) is 8.27. The number of hydrogen-bond acceptors (Lipinski definition) is 5. The van der Waals surface area contributed by atoms with Crippen molar-refractivity contribution in [3.8, 4) is 0 Å². The SMILES string of the molecule is C=NNC(=O)c1snnc1C. The first-order valence-corrected chi connectivity index (χ1v) is 3.58. The normalized spacial score (nSPS) is 9.18. The van der Waals surface area contributed by atoms with Gasteiger partial charge in [0.1, 0.15) is 4.88 Å². The molecule has 0 radical (unpaired) electrons. The van der Waals surface area contributed by atoms with E-state index in [2.05, 4.69) is 26.8 Å². The molecule has 11 heavy (non-hydrogen) atoms. The molecule has 0 aliphatic carbocycles. The Bertz CT molecular complexity index is 282. The average Bonchev–Trinajstić information content (AvgIpc) is 2.36. The largest absolute Gasteiger partial charge is 0.284 e. The van der Waals surface area contributed by atoms with Gasteiger partial charge in [0.05, 0.1) is 5.69 Å². The molecular formula is C5H6N4OS. The summed E-state index contributed by atoms with van der Waals surface area (Å²) < 4.78 is 3.59. The summed E-state index contributed by atoms with van der Waals surface area (Å²) in [6.07, 6.45) is 0. The molecular weight excluding hydrogens is 164 g/mol. The highest BCUT2D eigenvalue weighted by Gasteiger charge is 2.11. The van der Waals surface area contributed by atoms with Crippen LogP contribution in [0, 0.1) is 6.92 Å². The number of rotatable bonds is 2. The second-order valence-corrected chi connectivity index (χ2v) is 2.54. The maximum atomic E-state index is 11.0. The lowest BCUT2D eigenvalue weighted by molar-refractivity contribution is 0.0958. The molecule has 6 heteroatoms. The molecule has 1 aromatic rings. The molecule has 0 unspecified atom stereocenters. The predicted octanol–water partition coefficient (Wildman–Crippen LogP) is 0.192. The van der Waals surface area contributed by atoms with Crippen molar-refractivity contribution in [2.24, 2.45) is 5.10 Å². The van der Waals surface area contributed by atoms with Crippen LogP contribution >= 0.6 is 11.5 Å². The summed E-state index contributed by atoms with van der Waals surface area (Å²) in [5, 5.41) is 6.90. The predicted molar refractivity (Wildman–Crippen MR) is 41.7 cm³/mol. The number of aryl methyl sites for hydroxylation is 1. The third kappa shape index (κ3) is 1.58. The lowest BCUT2D eigenvalue weighted by atomic mass is 10.4. The van der Waals surface area contributed by atoms with Crippen LogP contribution in [0.15, 0.2) is 5.10 Å². The van der Waals surface area contributed by atoms with Crippen LogP contribution in [0.4, 0.5) is 0 Å². The van der Waals surface area contributed by atoms with Gasteiger partial charge in [0.25, 0.3) is 5.91 Å². The van der Waals surface area contributed by atoms with Gasteiger partial charge in [0.2, 0.25) is 0 Å². The minimum atomic E-state index is -0.312. The van der Waals surface area contributed by atoms with E-state index < -0.39 is 0 Å². The molecule has 0 aliphatic rings. The summed E-state index contributed by atoms with van der Waals surface area (Å²) in [6, 6.07) is 0. The first-order chi connectivity index (χ1) is 5.25. The van der Waals surface area contributed by atoms with Crippen LogP contribution < -0.4 is 5.43 Å². The zero-order valence-corrected chi connectivity index (χ0v) is 6.68. The van der Waals surface area contributed by atoms with E-state index in [1.165, 1.54) is 0 Å². The van der Waals surface area contributed by atoms with Gasteiger partial charge in [-0.25, -0.2) is 5.43 Å². The quantitative estimate of drug-likeness (QED) is 0.509. The molecule has 0 spiro atoms. The number of nitrogens with one attached hydrogen (secondary N) is 1. The number of carbonyl (C=O) groups excluding carboxylic acids is 1. The van der Waals surface area contributed by atoms with Crippen LogP contribution in [0.5, 0.6) is 0 Å². The maximum absolute atomic E-state index is 11.0. The lowest BCUT2D eigenvalue weighted by Crippen LogP contribution is -2.16. The van der Waals surface area contributed by atoms with Gasteiger partial charge in [0, 0.05) is 6.72 Å². The fraction of sp³-hybridized carbons (Fsp3) is 0.200. The van der Waals surface area contributed by atoms with E-state index in [0.717, 1.165) is 11.5 Å². The Morgan fingerprint density at radius 3 is 3.00 bits per heavy atom. The summed E-state index contributed by atoms with van der Waals surface area (Å²) in [6.45, 7) is 4.83. The summed E-state index contributed by atoms with van der Waals surface area (Å²) in [5.74, 6) is -0.312. The van der Waals surface area contributed by atoms with Crippen LogP contribution in [0.2, 0.25) is 0 Å². The van der Waals surface area contributed by atoms with Crippen LogP contribution in [0.3, 0.4) is 0 Å². The molecule has 1 amide bonds. The van der Waals surface area contributed by atoms with E-state index in [1.54, 1.807) is 6.92 Å². The minimum absolute atomic E-state index is 0.312. The molecule has 58 valence electrons. The van der Waals surface area contributed by atoms with Crippen LogP contribution in [-0.2, 0) is 0 Å². The summed E-state index contributed by atoms with van der Waals surface area (Å²) in [7, 11) is 0. The van der Waals surface area contributed by atoms with E-state index in [0.29, 0.717) is 10.6 Å². The zero-order valence-electron chi connectivity index (χ0n) is 5.87. The Balaban J connectivity index is 2.83. The second-order valence-electron chi connectivity index (χ2n) is 1.79. The van der Waals surface area contributed by atoms with Crippen molar-refractivity contribution in [2.45, 2.75) is 6.92 Å². The van der Waals surface area contributed by atoms with Crippen molar-refractivity contribution in [1.82, 2.24) is 15.0 Å². The number of hydrogen-bond donors (Lipinski definition) is 1. The van der Waals surface area contributed by atoms with Crippen LogP contribution in [-0.4, -0.2) is 22.2 Å². The van der Waals surface area contributed by atoms with Crippen molar-refractivity contribution < 1.29 is 4.79 Å². The molecule has 0 fully saturated rings. The van der Waals surface area contributed by atoms with E-state index >= 15 is 0 Å². The highest BCUT2D eigenvalue weighted by atomic mass is 32.1. The van der Waals surface area contributed by atoms with Crippen molar-refractivity contribution >= 4 is 24.2 Å². The molecule has 0 aliphatic heterocycles. The number of hydrazone groups is 1. The second kappa shape index (κ2) is 3.20. The lowest BCUT2D eigenvalue weighted by Gasteiger charge is -1.92. The van der Waals surface area contributed by atoms with Crippen molar-refractivity contribution in [2.75, 3.05) is 0 Å². The van der Waals surface area contributed by atoms with Crippen LogP contribution in [0.25, 0.3) is 0 Å². The number of nitrogens with zero attached hydrogens (tertiary/aromatic N) is 3. The van der Waals surface area contributed by atoms with E-state index in [9.17, 15) is 4.79 Å². The van der Waals surface area contributed by atoms with Gasteiger partial charge in [-0.1, -0.05) is 4.49 Å². The van der Waals surface area contributed by atoms with E-state index in [1.807, 2.05) is 0 Å². The molecule has 1 heterocycles. The molecule has 1 rings (SSSR count). The molecule has 0 saturated heterocycles. The monoisotopic (exact) mass is 170 g/mol. The Labute approximate surface area is 67.3 Å². The smallest absolute Gasteiger partial charge is 0.266 e. The Hall–Kier alpha value is -1.30. The topological polar surface area (TPSA) is 67.2 Å². The van der Waals surface area contributed by atoms with E-state index in [-0.39, 0.29) is 5.91 Å². The molecule has 5 nitrogen and oxygen atoms in total. The van der Waals surface area contributed by atoms with Gasteiger partial charge in [-0.05, 0) is 18.5 Å². The van der Waals surface area contributed by atoms with Crippen molar-refractivity contribution in [3.05, 3.63) is 10.6 Å². The summed E-state index contributed by atoms with van der Waals surface area (Å²) in [4.78, 5) is 11.5. The third-order valence-corrected chi connectivity index (χ3v) is 1.87. The van der Waals surface area contributed by atoms with Gasteiger partial charge < -0.3 is 0 Å². The van der Waals surface area contributed by atoms with Crippen molar-refractivity contribution in [1.29, 1.82) is 0 Å². The fourth-order valence-electron chi connectivity index (χ4n) is 0.562. The Kier molecular flexibility index (Phi) is 2.27. The van der Waals surface area contributed by atoms with Gasteiger partial charge in [-0.2, -0.15) is 5.10 Å². The molecule has 0 aromatic carbocycles. The number of carbonyl (C=O) groups is 1. The van der Waals surface area contributed by atoms with Crippen LogP contribution in [0.1, 0.15) is 15.4 Å². The van der Waals surface area contributed by atoms with E-state index in [4.69, 9.17) is 0 Å². The van der Waals surface area contributed by atoms with Gasteiger partial charge in [-0.15, -0.1) is 5.10 Å². The van der Waals surface area contributed by atoms with Gasteiger partial charge in [-0.3, -0.25) is 4.79 Å². The van der Waals surface area contributed by atoms with Gasteiger partial charge in [0.15, 0.2) is 0 Å². The maximum Gasteiger partial charge on any atom is 0.284 e. The summed E-state index contributed by atoms with van der Waals surface area (Å²) in [5.41, 5.74) is 2.80. The first-order valence-electron chi connectivity index (χ1n) is 2.80. The van der Waals surface area contributed by atoms with Gasteiger partial charge >= 0.3 is 0 Å². The number of aromatic nitrogens is 2. The minimum Gasteiger partial charge on any atom is -0.266 e. The fourth-order valence-corrected chi connectivity index (χ4v) is 1.11. The first kappa shape index (κ1) is 7.80. The third-order valence-electron chi connectivity index (χ3n) is 1.04. The average molecular weight is 170 g/mol.